The zero-order valence-corrected chi connectivity index (χ0v) is 11.6. The van der Waals surface area contributed by atoms with Crippen LogP contribution in [0.5, 0.6) is 5.75 Å². The first-order valence-corrected chi connectivity index (χ1v) is 6.56. The Hall–Kier alpha value is -1.69. The number of hydrogen-bond acceptors (Lipinski definition) is 4. The van der Waals surface area contributed by atoms with Crippen LogP contribution in [0.4, 0.5) is 8.78 Å². The van der Waals surface area contributed by atoms with Gasteiger partial charge in [-0.2, -0.15) is 0 Å². The van der Waals surface area contributed by atoms with E-state index in [1.807, 2.05) is 6.92 Å². The maximum Gasteiger partial charge on any atom is 0.326 e. The van der Waals surface area contributed by atoms with Gasteiger partial charge in [-0.1, -0.05) is 6.92 Å². The van der Waals surface area contributed by atoms with Crippen molar-refractivity contribution in [2.24, 2.45) is 0 Å². The highest BCUT2D eigenvalue weighted by Crippen LogP contribution is 2.17. The van der Waals surface area contributed by atoms with Gasteiger partial charge in [0.05, 0.1) is 6.61 Å². The molecule has 0 aliphatic carbocycles. The minimum Gasteiger partial charge on any atom is -0.488 e. The molecule has 0 fully saturated rings. The molecule has 1 aromatic carbocycles. The number of ether oxygens (including phenoxy) is 2. The van der Waals surface area contributed by atoms with Crippen molar-refractivity contribution in [1.82, 2.24) is 5.32 Å². The SMILES string of the molecule is CCCNC(COc1ccc(F)cc1F)C(=O)OCC. The molecule has 0 aromatic heterocycles. The summed E-state index contributed by atoms with van der Waals surface area (Å²) in [5.74, 6) is -2.04. The summed E-state index contributed by atoms with van der Waals surface area (Å²) in [5, 5.41) is 2.96. The van der Waals surface area contributed by atoms with Crippen LogP contribution in [0.15, 0.2) is 18.2 Å². The van der Waals surface area contributed by atoms with E-state index < -0.39 is 23.6 Å². The Morgan fingerprint density at radius 2 is 2.10 bits per heavy atom. The summed E-state index contributed by atoms with van der Waals surface area (Å²) in [7, 11) is 0. The molecule has 0 saturated heterocycles. The monoisotopic (exact) mass is 287 g/mol. The standard InChI is InChI=1S/C14H19F2NO3/c1-3-7-17-12(14(18)19-4-2)9-20-13-6-5-10(15)8-11(13)16/h5-6,8,12,17H,3-4,7,9H2,1-2H3. The molecule has 1 N–H and O–H groups in total. The minimum atomic E-state index is -0.803. The highest BCUT2D eigenvalue weighted by molar-refractivity contribution is 5.76. The van der Waals surface area contributed by atoms with Gasteiger partial charge in [-0.15, -0.1) is 0 Å². The maximum atomic E-state index is 13.4. The number of rotatable bonds is 8. The number of esters is 1. The van der Waals surface area contributed by atoms with Crippen LogP contribution in [0.1, 0.15) is 20.3 Å². The van der Waals surface area contributed by atoms with E-state index in [4.69, 9.17) is 9.47 Å². The van der Waals surface area contributed by atoms with Crippen molar-refractivity contribution in [2.75, 3.05) is 19.8 Å². The topological polar surface area (TPSA) is 47.6 Å². The van der Waals surface area contributed by atoms with Crippen LogP contribution in [0.25, 0.3) is 0 Å². The van der Waals surface area contributed by atoms with Crippen LogP contribution in [-0.4, -0.2) is 31.8 Å². The lowest BCUT2D eigenvalue weighted by Crippen LogP contribution is -2.43. The van der Waals surface area contributed by atoms with Crippen LogP contribution >= 0.6 is 0 Å². The van der Waals surface area contributed by atoms with Gasteiger partial charge >= 0.3 is 5.97 Å². The number of carbonyl (C=O) groups excluding carboxylic acids is 1. The fraction of sp³-hybridized carbons (Fsp3) is 0.500. The first kappa shape index (κ1) is 16.4. The Morgan fingerprint density at radius 1 is 1.35 bits per heavy atom. The first-order chi connectivity index (χ1) is 9.58. The molecule has 0 saturated carbocycles. The van der Waals surface area contributed by atoms with Gasteiger partial charge in [-0.25, -0.2) is 8.78 Å². The Balaban J connectivity index is 2.62. The quantitative estimate of drug-likeness (QED) is 0.745. The summed E-state index contributed by atoms with van der Waals surface area (Å²) >= 11 is 0. The minimum absolute atomic E-state index is 0.0820. The average Bonchev–Trinajstić information content (AvgIpc) is 2.41. The molecule has 20 heavy (non-hydrogen) atoms. The maximum absolute atomic E-state index is 13.4. The van der Waals surface area contributed by atoms with Crippen molar-refractivity contribution in [3.8, 4) is 5.75 Å². The molecule has 6 heteroatoms. The first-order valence-electron chi connectivity index (χ1n) is 6.56. The predicted molar refractivity (Wildman–Crippen MR) is 70.6 cm³/mol. The highest BCUT2D eigenvalue weighted by Gasteiger charge is 2.20. The molecular weight excluding hydrogens is 268 g/mol. The Labute approximate surface area is 117 Å². The fourth-order valence-electron chi connectivity index (χ4n) is 1.54. The third-order valence-electron chi connectivity index (χ3n) is 2.51. The number of benzene rings is 1. The van der Waals surface area contributed by atoms with Crippen LogP contribution < -0.4 is 10.1 Å². The van der Waals surface area contributed by atoms with E-state index in [1.54, 1.807) is 6.92 Å². The third-order valence-corrected chi connectivity index (χ3v) is 2.51. The van der Waals surface area contributed by atoms with Crippen LogP contribution in [0, 0.1) is 11.6 Å². The van der Waals surface area contributed by atoms with Gasteiger partial charge in [-0.3, -0.25) is 4.79 Å². The summed E-state index contributed by atoms with van der Waals surface area (Å²) in [6.07, 6.45) is 0.834. The Kier molecular flexibility index (Phi) is 6.93. The van der Waals surface area contributed by atoms with Crippen molar-refractivity contribution >= 4 is 5.97 Å². The van der Waals surface area contributed by atoms with Gasteiger partial charge in [0, 0.05) is 6.07 Å². The summed E-state index contributed by atoms with van der Waals surface area (Å²) in [6, 6.07) is 2.33. The molecule has 0 aliphatic rings. The van der Waals surface area contributed by atoms with Gasteiger partial charge in [0.15, 0.2) is 11.6 Å². The largest absolute Gasteiger partial charge is 0.488 e. The van der Waals surface area contributed by atoms with Crippen molar-refractivity contribution in [1.29, 1.82) is 0 Å². The number of nitrogens with one attached hydrogen (secondary N) is 1. The molecule has 0 amide bonds. The molecule has 4 nitrogen and oxygen atoms in total. The molecule has 1 atom stereocenters. The van der Waals surface area contributed by atoms with Gasteiger partial charge in [-0.05, 0) is 32.0 Å². The van der Waals surface area contributed by atoms with Gasteiger partial charge < -0.3 is 14.8 Å². The molecule has 0 radical (unpaired) electrons. The van der Waals surface area contributed by atoms with Gasteiger partial charge in [0.2, 0.25) is 0 Å². The van der Waals surface area contributed by atoms with Crippen molar-refractivity contribution in [2.45, 2.75) is 26.3 Å². The molecule has 1 unspecified atom stereocenters. The smallest absolute Gasteiger partial charge is 0.326 e. The zero-order valence-electron chi connectivity index (χ0n) is 11.6. The normalized spacial score (nSPS) is 12.0. The fourth-order valence-corrected chi connectivity index (χ4v) is 1.54. The van der Waals surface area contributed by atoms with E-state index in [0.717, 1.165) is 18.6 Å². The average molecular weight is 287 g/mol. The third kappa shape index (κ3) is 5.13. The predicted octanol–water partition coefficient (Wildman–Crippen LogP) is 2.27. The lowest BCUT2D eigenvalue weighted by molar-refractivity contribution is -0.146. The second kappa shape index (κ2) is 8.47. The van der Waals surface area contributed by atoms with Gasteiger partial charge in [0.25, 0.3) is 0 Å². The number of carbonyl (C=O) groups is 1. The second-order valence-electron chi connectivity index (χ2n) is 4.14. The van der Waals surface area contributed by atoms with E-state index in [2.05, 4.69) is 5.32 Å². The zero-order chi connectivity index (χ0) is 15.0. The molecular formula is C14H19F2NO3. The highest BCUT2D eigenvalue weighted by atomic mass is 19.1. The van der Waals surface area contributed by atoms with Crippen molar-refractivity contribution in [3.63, 3.8) is 0 Å². The van der Waals surface area contributed by atoms with Gasteiger partial charge in [0.1, 0.15) is 18.5 Å². The van der Waals surface area contributed by atoms with E-state index >= 15 is 0 Å². The lowest BCUT2D eigenvalue weighted by Gasteiger charge is -2.17. The molecule has 0 spiro atoms. The molecule has 0 heterocycles. The van der Waals surface area contributed by atoms with E-state index in [1.165, 1.54) is 6.07 Å². The number of halogens is 2. The Morgan fingerprint density at radius 3 is 2.70 bits per heavy atom. The summed E-state index contributed by atoms with van der Waals surface area (Å²) in [5.41, 5.74) is 0. The lowest BCUT2D eigenvalue weighted by atomic mass is 10.3. The molecule has 1 rings (SSSR count). The van der Waals surface area contributed by atoms with Crippen LogP contribution in [0.3, 0.4) is 0 Å². The van der Waals surface area contributed by atoms with E-state index in [-0.39, 0.29) is 19.0 Å². The molecule has 112 valence electrons. The summed E-state index contributed by atoms with van der Waals surface area (Å²) < 4.78 is 36.3. The summed E-state index contributed by atoms with van der Waals surface area (Å²) in [6.45, 7) is 4.44. The second-order valence-corrected chi connectivity index (χ2v) is 4.14. The number of hydrogen-bond donors (Lipinski definition) is 1. The molecule has 0 bridgehead atoms. The Bertz CT molecular complexity index is 440. The van der Waals surface area contributed by atoms with Crippen LogP contribution in [-0.2, 0) is 9.53 Å². The summed E-state index contributed by atoms with van der Waals surface area (Å²) in [4.78, 5) is 11.7. The van der Waals surface area contributed by atoms with Crippen molar-refractivity contribution in [3.05, 3.63) is 29.8 Å². The van der Waals surface area contributed by atoms with E-state index in [0.29, 0.717) is 6.54 Å². The van der Waals surface area contributed by atoms with Crippen LogP contribution in [0.2, 0.25) is 0 Å². The van der Waals surface area contributed by atoms with E-state index in [9.17, 15) is 13.6 Å². The molecule has 0 aliphatic heterocycles. The molecule has 1 aromatic rings. The van der Waals surface area contributed by atoms with Crippen molar-refractivity contribution < 1.29 is 23.0 Å².